The predicted octanol–water partition coefficient (Wildman–Crippen LogP) is 3.31. The molecule has 0 aliphatic rings. The van der Waals surface area contributed by atoms with Crippen molar-refractivity contribution >= 4 is 29.0 Å². The van der Waals surface area contributed by atoms with Crippen molar-refractivity contribution in [3.05, 3.63) is 91.0 Å². The lowest BCUT2D eigenvalue weighted by Crippen LogP contribution is -2.72. The Labute approximate surface area is 151 Å². The molecule has 3 aromatic rings. The summed E-state index contributed by atoms with van der Waals surface area (Å²) in [7, 11) is -2.73. The molecular formula is C23H24OSi. The first kappa shape index (κ1) is 17.4. The monoisotopic (exact) mass is 344 g/mol. The molecule has 1 nitrogen and oxygen atoms in total. The Hall–Kier alpha value is -2.45. The summed E-state index contributed by atoms with van der Waals surface area (Å²) in [5.74, 6) is 0.343. The third kappa shape index (κ3) is 3.35. The van der Waals surface area contributed by atoms with E-state index in [1.54, 1.807) is 0 Å². The zero-order chi connectivity index (χ0) is 17.7. The Bertz CT molecular complexity index is 714. The summed E-state index contributed by atoms with van der Waals surface area (Å²) < 4.78 is 0. The molecule has 0 amide bonds. The van der Waals surface area contributed by atoms with Gasteiger partial charge in [0, 0.05) is 6.42 Å². The van der Waals surface area contributed by atoms with E-state index in [2.05, 4.69) is 50.2 Å². The highest BCUT2D eigenvalue weighted by Crippen LogP contribution is 2.14. The van der Waals surface area contributed by atoms with Gasteiger partial charge in [-0.2, -0.15) is 0 Å². The molecule has 0 fully saturated rings. The minimum Gasteiger partial charge on any atom is -0.304 e. The van der Waals surface area contributed by atoms with E-state index in [1.807, 2.05) is 54.6 Å². The Balaban J connectivity index is 2.34. The van der Waals surface area contributed by atoms with Crippen molar-refractivity contribution in [1.82, 2.24) is 0 Å². The van der Waals surface area contributed by atoms with E-state index in [4.69, 9.17) is 0 Å². The Morgan fingerprint density at radius 3 is 1.28 bits per heavy atom. The summed E-state index contributed by atoms with van der Waals surface area (Å²) >= 11 is 0. The zero-order valence-corrected chi connectivity index (χ0v) is 15.9. The number of carbonyl (C=O) groups excluding carboxylic acids is 1. The second-order valence-electron chi connectivity index (χ2n) is 6.87. The molecule has 0 aliphatic carbocycles. The van der Waals surface area contributed by atoms with Gasteiger partial charge >= 0.3 is 0 Å². The lowest BCUT2D eigenvalue weighted by Gasteiger charge is -2.32. The van der Waals surface area contributed by atoms with Gasteiger partial charge in [-0.3, -0.25) is 0 Å². The second kappa shape index (κ2) is 7.62. The lowest BCUT2D eigenvalue weighted by atomic mass is 10.2. The summed E-state index contributed by atoms with van der Waals surface area (Å²) in [4.78, 5) is 13.7. The molecular weight excluding hydrogens is 320 g/mol. The smallest absolute Gasteiger partial charge is 0.224 e. The molecule has 3 rings (SSSR count). The maximum Gasteiger partial charge on any atom is 0.224 e. The van der Waals surface area contributed by atoms with E-state index in [9.17, 15) is 4.79 Å². The van der Waals surface area contributed by atoms with Gasteiger partial charge in [-0.05, 0) is 21.5 Å². The average molecular weight is 345 g/mol. The van der Waals surface area contributed by atoms with Gasteiger partial charge in [-0.1, -0.05) is 105 Å². The van der Waals surface area contributed by atoms with Gasteiger partial charge in [0.05, 0.1) is 0 Å². The normalized spacial score (nSPS) is 11.5. The summed E-state index contributed by atoms with van der Waals surface area (Å²) in [5, 5.41) is 3.88. The number of hydrogen-bond donors (Lipinski definition) is 0. The van der Waals surface area contributed by atoms with Gasteiger partial charge in [0.25, 0.3) is 0 Å². The zero-order valence-electron chi connectivity index (χ0n) is 14.9. The van der Waals surface area contributed by atoms with Crippen molar-refractivity contribution < 1.29 is 4.79 Å². The van der Waals surface area contributed by atoms with E-state index in [0.29, 0.717) is 17.7 Å². The van der Waals surface area contributed by atoms with E-state index < -0.39 is 8.07 Å². The lowest BCUT2D eigenvalue weighted by molar-refractivity contribution is -0.113. The molecule has 0 aromatic heterocycles. The van der Waals surface area contributed by atoms with Crippen LogP contribution in [-0.2, 0) is 4.79 Å². The highest BCUT2D eigenvalue weighted by atomic mass is 28.3. The Morgan fingerprint density at radius 2 is 1.00 bits per heavy atom. The van der Waals surface area contributed by atoms with Gasteiger partial charge in [0.15, 0.2) is 0 Å². The highest BCUT2D eigenvalue weighted by molar-refractivity contribution is 7.29. The fraction of sp³-hybridized carbons (Fsp3) is 0.174. The van der Waals surface area contributed by atoms with Crippen molar-refractivity contribution in [2.45, 2.75) is 20.3 Å². The first-order valence-electron chi connectivity index (χ1n) is 8.85. The van der Waals surface area contributed by atoms with E-state index in [0.717, 1.165) is 15.6 Å². The van der Waals surface area contributed by atoms with Crippen LogP contribution in [-0.4, -0.2) is 13.5 Å². The minimum atomic E-state index is -2.73. The maximum absolute atomic E-state index is 13.7. The number of carbonyl (C=O) groups is 1. The van der Waals surface area contributed by atoms with Crippen molar-refractivity contribution in [3.8, 4) is 0 Å². The van der Waals surface area contributed by atoms with Crippen LogP contribution in [0.15, 0.2) is 91.0 Å². The van der Waals surface area contributed by atoms with Crippen LogP contribution in [0.5, 0.6) is 0 Å². The third-order valence-electron chi connectivity index (χ3n) is 4.63. The molecule has 0 aliphatic heterocycles. The van der Waals surface area contributed by atoms with E-state index >= 15 is 0 Å². The van der Waals surface area contributed by atoms with Crippen LogP contribution < -0.4 is 15.6 Å². The molecule has 0 spiro atoms. The molecule has 25 heavy (non-hydrogen) atoms. The molecule has 0 N–H and O–H groups in total. The molecule has 0 bridgehead atoms. The van der Waals surface area contributed by atoms with Crippen LogP contribution in [0.25, 0.3) is 0 Å². The summed E-state index contributed by atoms with van der Waals surface area (Å²) in [6.45, 7) is 4.25. The quantitative estimate of drug-likeness (QED) is 0.495. The molecule has 0 heterocycles. The largest absolute Gasteiger partial charge is 0.304 e. The highest BCUT2D eigenvalue weighted by Gasteiger charge is 2.46. The third-order valence-corrected chi connectivity index (χ3v) is 9.27. The van der Waals surface area contributed by atoms with Gasteiger partial charge in [-0.15, -0.1) is 0 Å². The van der Waals surface area contributed by atoms with Crippen LogP contribution >= 0.6 is 0 Å². The van der Waals surface area contributed by atoms with Gasteiger partial charge in [-0.25, -0.2) is 0 Å². The number of rotatable bonds is 6. The topological polar surface area (TPSA) is 17.1 Å². The standard InChI is InChI=1S/C23H24OSi/c1-19(2)18-23(24)25(20-12-6-3-7-13-20,21-14-8-4-9-15-21)22-16-10-5-11-17-22/h3-17,19H,18H2,1-2H3. The first-order valence-corrected chi connectivity index (χ1v) is 10.9. The predicted molar refractivity (Wildman–Crippen MR) is 108 cm³/mol. The molecule has 2 heteroatoms. The van der Waals surface area contributed by atoms with Gasteiger partial charge < -0.3 is 4.79 Å². The molecule has 0 saturated heterocycles. The SMILES string of the molecule is CC(C)CC(=O)[Si](c1ccccc1)(c1ccccc1)c1ccccc1. The molecule has 0 unspecified atom stereocenters. The van der Waals surface area contributed by atoms with Crippen LogP contribution in [0, 0.1) is 5.92 Å². The van der Waals surface area contributed by atoms with E-state index in [1.165, 1.54) is 0 Å². The first-order chi connectivity index (χ1) is 12.2. The molecule has 0 saturated carbocycles. The summed E-state index contributed by atoms with van der Waals surface area (Å²) in [6, 6.07) is 31.1. The van der Waals surface area contributed by atoms with Crippen LogP contribution in [0.2, 0.25) is 0 Å². The molecule has 126 valence electrons. The fourth-order valence-corrected chi connectivity index (χ4v) is 8.33. The number of hydrogen-bond acceptors (Lipinski definition) is 1. The van der Waals surface area contributed by atoms with Crippen molar-refractivity contribution in [3.63, 3.8) is 0 Å². The van der Waals surface area contributed by atoms with Crippen LogP contribution in [0.1, 0.15) is 20.3 Å². The molecule has 0 radical (unpaired) electrons. The van der Waals surface area contributed by atoms with Crippen LogP contribution in [0.4, 0.5) is 0 Å². The summed E-state index contributed by atoms with van der Waals surface area (Å²) in [5.41, 5.74) is 0. The molecule has 3 aromatic carbocycles. The van der Waals surface area contributed by atoms with Crippen molar-refractivity contribution in [2.75, 3.05) is 0 Å². The second-order valence-corrected chi connectivity index (χ2v) is 10.7. The molecule has 0 atom stereocenters. The Kier molecular flexibility index (Phi) is 5.30. The Morgan fingerprint density at radius 1 is 0.680 bits per heavy atom. The van der Waals surface area contributed by atoms with E-state index in [-0.39, 0.29) is 0 Å². The number of benzene rings is 3. The van der Waals surface area contributed by atoms with Gasteiger partial charge in [0.2, 0.25) is 8.07 Å². The van der Waals surface area contributed by atoms with Crippen LogP contribution in [0.3, 0.4) is 0 Å². The maximum atomic E-state index is 13.7. The fourth-order valence-electron chi connectivity index (χ4n) is 3.57. The van der Waals surface area contributed by atoms with Gasteiger partial charge in [0.1, 0.15) is 5.41 Å². The van der Waals surface area contributed by atoms with Crippen molar-refractivity contribution in [2.24, 2.45) is 5.92 Å². The average Bonchev–Trinajstić information content (AvgIpc) is 2.64. The summed E-state index contributed by atoms with van der Waals surface area (Å²) in [6.07, 6.45) is 0.602. The minimum absolute atomic E-state index is 0.343. The van der Waals surface area contributed by atoms with Crippen molar-refractivity contribution in [1.29, 1.82) is 0 Å².